The minimum Gasteiger partial charge on any atom is -0.497 e. The number of hydrogen-bond acceptors (Lipinski definition) is 5. The first-order valence-corrected chi connectivity index (χ1v) is 12.4. The van der Waals surface area contributed by atoms with Crippen LogP contribution in [0.3, 0.4) is 0 Å². The van der Waals surface area contributed by atoms with Gasteiger partial charge in [-0.1, -0.05) is 81.7 Å². The van der Waals surface area contributed by atoms with E-state index in [-0.39, 0.29) is 52.4 Å². The average Bonchev–Trinajstić information content (AvgIpc) is 3.14. The maximum atomic E-state index is 13.7. The molecule has 0 N–H and O–H groups in total. The first kappa shape index (κ1) is 27.5. The molecule has 4 rings (SSSR count). The van der Waals surface area contributed by atoms with Crippen molar-refractivity contribution in [2.45, 2.75) is 0 Å². The van der Waals surface area contributed by atoms with Gasteiger partial charge in [0.1, 0.15) is 12.3 Å². The number of nitrogens with zero attached hydrogens (tertiary/aromatic N) is 2. The number of hydrogen-bond donors (Lipinski definition) is 0. The molecule has 0 unspecified atom stereocenters. The van der Waals surface area contributed by atoms with Gasteiger partial charge < -0.3 is 4.74 Å². The topological polar surface area (TPSA) is 84.0 Å². The molecule has 3 aromatic carbocycles. The van der Waals surface area contributed by atoms with E-state index in [2.05, 4.69) is 0 Å². The maximum Gasteiger partial charge on any atom is 0.282 e. The van der Waals surface area contributed by atoms with E-state index in [9.17, 15) is 19.2 Å². The van der Waals surface area contributed by atoms with Crippen LogP contribution in [-0.2, 0) is 0 Å². The number of imide groups is 1. The van der Waals surface area contributed by atoms with Crippen LogP contribution in [0.15, 0.2) is 42.5 Å². The molecule has 190 valence electrons. The number of carbonyl (C=O) groups is 4. The zero-order chi connectivity index (χ0) is 27.2. The number of halogens is 6. The molecule has 7 nitrogen and oxygen atoms in total. The summed E-state index contributed by atoms with van der Waals surface area (Å²) in [6.45, 7) is -0.743. The Morgan fingerprint density at radius 1 is 0.838 bits per heavy atom. The monoisotopic (exact) mass is 618 g/mol. The smallest absolute Gasteiger partial charge is 0.282 e. The molecule has 13 heteroatoms. The summed E-state index contributed by atoms with van der Waals surface area (Å²) in [5.41, 5.74) is -0.702. The van der Waals surface area contributed by atoms with Crippen LogP contribution in [0.1, 0.15) is 41.4 Å². The Balaban J connectivity index is 1.84. The summed E-state index contributed by atoms with van der Waals surface area (Å²) >= 11 is 36.8. The third-order valence-electron chi connectivity index (χ3n) is 5.40. The second-order valence-corrected chi connectivity index (χ2v) is 9.93. The molecule has 1 aliphatic rings. The van der Waals surface area contributed by atoms with Gasteiger partial charge in [-0.3, -0.25) is 19.2 Å². The maximum absolute atomic E-state index is 13.7. The van der Waals surface area contributed by atoms with E-state index in [0.717, 1.165) is 0 Å². The van der Waals surface area contributed by atoms with Gasteiger partial charge in [-0.05, 0) is 30.3 Å². The van der Waals surface area contributed by atoms with E-state index in [0.29, 0.717) is 15.8 Å². The Morgan fingerprint density at radius 3 is 1.97 bits per heavy atom. The van der Waals surface area contributed by atoms with Crippen LogP contribution < -0.4 is 4.74 Å². The summed E-state index contributed by atoms with van der Waals surface area (Å²) in [7, 11) is 1.42. The number of fused-ring (bicyclic) bond motifs is 1. The van der Waals surface area contributed by atoms with Gasteiger partial charge in [-0.25, -0.2) is 5.01 Å². The van der Waals surface area contributed by atoms with Gasteiger partial charge in [0.15, 0.2) is 5.78 Å². The Bertz CT molecular complexity index is 1460. The molecule has 3 aromatic rings. The summed E-state index contributed by atoms with van der Waals surface area (Å²) in [6, 6.07) is 10.1. The summed E-state index contributed by atoms with van der Waals surface area (Å²) in [5.74, 6) is -3.27. The van der Waals surface area contributed by atoms with Crippen LogP contribution in [-0.4, -0.2) is 47.2 Å². The number of ketones is 1. The Morgan fingerprint density at radius 2 is 1.43 bits per heavy atom. The van der Waals surface area contributed by atoms with E-state index in [1.165, 1.54) is 37.4 Å². The molecule has 1 heterocycles. The van der Waals surface area contributed by atoms with Crippen LogP contribution >= 0.6 is 69.6 Å². The van der Waals surface area contributed by atoms with Crippen molar-refractivity contribution in [1.29, 1.82) is 0 Å². The summed E-state index contributed by atoms with van der Waals surface area (Å²) in [5, 5.41) is 0.115. The molecule has 0 saturated carbocycles. The predicted octanol–water partition coefficient (Wildman–Crippen LogP) is 7.15. The molecule has 1 aliphatic heterocycles. The lowest BCUT2D eigenvalue weighted by Gasteiger charge is -2.29. The van der Waals surface area contributed by atoms with Crippen LogP contribution in [0.5, 0.6) is 5.75 Å². The van der Waals surface area contributed by atoms with Crippen LogP contribution in [0.2, 0.25) is 30.1 Å². The zero-order valence-corrected chi connectivity index (χ0v) is 23.0. The van der Waals surface area contributed by atoms with Crippen molar-refractivity contribution < 1.29 is 23.9 Å². The second kappa shape index (κ2) is 10.7. The number of carbonyl (C=O) groups excluding carboxylic acids is 4. The zero-order valence-electron chi connectivity index (χ0n) is 18.5. The van der Waals surface area contributed by atoms with Crippen LogP contribution in [0, 0.1) is 0 Å². The van der Waals surface area contributed by atoms with Gasteiger partial charge in [0.25, 0.3) is 17.7 Å². The normalized spacial score (nSPS) is 12.6. The molecule has 0 aliphatic carbocycles. The Hall–Kier alpha value is -2.52. The van der Waals surface area contributed by atoms with Gasteiger partial charge in [0.2, 0.25) is 0 Å². The fraction of sp³-hybridized carbons (Fsp3) is 0.0833. The van der Waals surface area contributed by atoms with Crippen molar-refractivity contribution >= 4 is 93.1 Å². The fourth-order valence-electron chi connectivity index (χ4n) is 3.62. The fourth-order valence-corrected chi connectivity index (χ4v) is 5.12. The Kier molecular flexibility index (Phi) is 7.95. The molecular formula is C24H12Cl6N2O5. The highest BCUT2D eigenvalue weighted by Gasteiger charge is 2.46. The summed E-state index contributed by atoms with van der Waals surface area (Å²) in [6.07, 6.45) is 0. The number of rotatable bonds is 6. The number of ether oxygens (including phenoxy) is 1. The molecule has 3 amide bonds. The number of amides is 3. The molecule has 0 bridgehead atoms. The molecule has 0 atom stereocenters. The van der Waals surface area contributed by atoms with Crippen LogP contribution in [0.25, 0.3) is 0 Å². The third kappa shape index (κ3) is 4.88. The predicted molar refractivity (Wildman–Crippen MR) is 142 cm³/mol. The third-order valence-corrected chi connectivity index (χ3v) is 7.75. The van der Waals surface area contributed by atoms with Crippen molar-refractivity contribution in [3.05, 3.63) is 94.9 Å². The van der Waals surface area contributed by atoms with E-state index in [1.807, 2.05) is 0 Å². The SMILES string of the molecule is COc1cccc(C(=O)CN(C(=O)c2ccc(Cl)cc2Cl)N2C(=O)c3c(Cl)c(Cl)c(Cl)c(Cl)c3C2=O)c1. The minimum absolute atomic E-state index is 0.0740. The van der Waals surface area contributed by atoms with Crippen molar-refractivity contribution in [2.24, 2.45) is 0 Å². The Labute approximate surface area is 240 Å². The first-order chi connectivity index (χ1) is 17.5. The molecule has 37 heavy (non-hydrogen) atoms. The largest absolute Gasteiger partial charge is 0.497 e. The summed E-state index contributed by atoms with van der Waals surface area (Å²) in [4.78, 5) is 53.8. The van der Waals surface area contributed by atoms with Crippen molar-refractivity contribution in [3.8, 4) is 5.75 Å². The molecule has 0 radical (unpaired) electrons. The van der Waals surface area contributed by atoms with Crippen LogP contribution in [0.4, 0.5) is 0 Å². The number of methoxy groups -OCH3 is 1. The van der Waals surface area contributed by atoms with Gasteiger partial charge >= 0.3 is 0 Å². The molecule has 0 saturated heterocycles. The van der Waals surface area contributed by atoms with Gasteiger partial charge in [-0.15, -0.1) is 0 Å². The highest BCUT2D eigenvalue weighted by Crippen LogP contribution is 2.45. The first-order valence-electron chi connectivity index (χ1n) is 10.2. The second-order valence-electron chi connectivity index (χ2n) is 7.57. The van der Waals surface area contributed by atoms with Gasteiger partial charge in [0.05, 0.1) is 48.9 Å². The molecular weight excluding hydrogens is 609 g/mol. The lowest BCUT2D eigenvalue weighted by Crippen LogP contribution is -2.51. The molecule has 0 spiro atoms. The van der Waals surface area contributed by atoms with Crippen molar-refractivity contribution in [3.63, 3.8) is 0 Å². The number of hydrazine groups is 1. The summed E-state index contributed by atoms with van der Waals surface area (Å²) < 4.78 is 5.14. The minimum atomic E-state index is -1.04. The van der Waals surface area contributed by atoms with E-state index in [1.54, 1.807) is 12.1 Å². The van der Waals surface area contributed by atoms with Gasteiger partial charge in [-0.2, -0.15) is 5.01 Å². The van der Waals surface area contributed by atoms with Crippen molar-refractivity contribution in [2.75, 3.05) is 13.7 Å². The lowest BCUT2D eigenvalue weighted by atomic mass is 10.1. The van der Waals surface area contributed by atoms with E-state index < -0.39 is 30.0 Å². The molecule has 0 aromatic heterocycles. The van der Waals surface area contributed by atoms with Crippen molar-refractivity contribution in [1.82, 2.24) is 10.0 Å². The number of benzene rings is 3. The average molecular weight is 621 g/mol. The quantitative estimate of drug-likeness (QED) is 0.126. The van der Waals surface area contributed by atoms with E-state index >= 15 is 0 Å². The molecule has 0 fully saturated rings. The lowest BCUT2D eigenvalue weighted by molar-refractivity contribution is 0.00532. The van der Waals surface area contributed by atoms with E-state index in [4.69, 9.17) is 74.3 Å². The number of Topliss-reactive ketones (excluding diaryl/α,β-unsaturated/α-hetero) is 1. The highest BCUT2D eigenvalue weighted by atomic mass is 35.5. The standard InChI is InChI=1S/C24H12Cl6N2O5/c1-37-12-4-2-3-10(7-12)15(33)9-31(22(34)13-6-5-11(25)8-14(13)26)32-23(35)16-17(24(32)36)19(28)21(30)20(29)18(16)27/h2-8H,9H2,1H3. The highest BCUT2D eigenvalue weighted by molar-refractivity contribution is 6.55. The van der Waals surface area contributed by atoms with Gasteiger partial charge in [0, 0.05) is 10.6 Å².